The third kappa shape index (κ3) is 4.73. The van der Waals surface area contributed by atoms with Crippen LogP contribution in [0.25, 0.3) is 0 Å². The molecule has 0 bridgehead atoms. The van der Waals surface area contributed by atoms with Crippen LogP contribution in [0, 0.1) is 0 Å². The Morgan fingerprint density at radius 2 is 1.64 bits per heavy atom. The maximum Gasteiger partial charge on any atom is 0.492 e. The Labute approximate surface area is 77.1 Å². The smallest absolute Gasteiger partial charge is 0.448 e. The molecule has 8 heteroatoms. The van der Waals surface area contributed by atoms with Crippen molar-refractivity contribution < 1.29 is 26.1 Å². The molecule has 1 fully saturated rings. The van der Waals surface area contributed by atoms with E-state index >= 15 is 0 Å². The van der Waals surface area contributed by atoms with Gasteiger partial charge in [0.2, 0.25) is 0 Å². The number of nitrogens with zero attached hydrogens (tertiary/aromatic N) is 1. The molecule has 1 rings (SSSR count). The first kappa shape index (κ1) is 11.7. The second kappa shape index (κ2) is 3.64. The summed E-state index contributed by atoms with van der Waals surface area (Å²) in [5.41, 5.74) is 0. The molecule has 0 atom stereocenters. The number of rotatable bonds is 4. The van der Waals surface area contributed by atoms with Crippen LogP contribution in [0.3, 0.4) is 0 Å². The first-order chi connectivity index (χ1) is 6.17. The van der Waals surface area contributed by atoms with Crippen LogP contribution in [0.1, 0.15) is 12.8 Å². The monoisotopic (exact) mass is 220 g/mol. The maximum absolute atomic E-state index is 11.9. The van der Waals surface area contributed by atoms with Gasteiger partial charge in [-0.3, -0.25) is 0 Å². The fraction of sp³-hybridized carbons (Fsp3) is 1.00. The summed E-state index contributed by atoms with van der Waals surface area (Å²) in [5, 5.41) is 0. The highest BCUT2D eigenvalue weighted by atomic mass is 19.4. The summed E-state index contributed by atoms with van der Waals surface area (Å²) in [5.74, 6) is 0. The van der Waals surface area contributed by atoms with E-state index in [0.29, 0.717) is 17.7 Å². The molecule has 0 N–H and O–H groups in total. The molecule has 0 aromatic carbocycles. The first-order valence-corrected chi connectivity index (χ1v) is 4.19. The van der Waals surface area contributed by atoms with Gasteiger partial charge in [0.05, 0.1) is 6.54 Å². The Kier molecular flexibility index (Phi) is 3.03. The lowest BCUT2D eigenvalue weighted by atomic mass is 9.91. The zero-order valence-electron chi connectivity index (χ0n) is 7.20. The Morgan fingerprint density at radius 3 is 1.93 bits per heavy atom. The number of alkyl halides is 3. The van der Waals surface area contributed by atoms with Crippen molar-refractivity contribution in [3.8, 4) is 0 Å². The highest BCUT2D eigenvalue weighted by molar-refractivity contribution is 6.58. The van der Waals surface area contributed by atoms with E-state index in [2.05, 4.69) is 0 Å². The molecular weight excluding hydrogens is 211 g/mol. The van der Waals surface area contributed by atoms with E-state index in [-0.39, 0.29) is 0 Å². The Bertz CT molecular complexity index is 179. The van der Waals surface area contributed by atoms with E-state index in [1.807, 2.05) is 0 Å². The summed E-state index contributed by atoms with van der Waals surface area (Å²) < 4.78 is 71.4. The van der Waals surface area contributed by atoms with Crippen LogP contribution in [-0.4, -0.2) is 37.1 Å². The average Bonchev–Trinajstić information content (AvgIpc) is 2.57. The Morgan fingerprint density at radius 1 is 1.14 bits per heavy atom. The predicted octanol–water partition coefficient (Wildman–Crippen LogP) is 2.40. The van der Waals surface area contributed by atoms with E-state index in [1.54, 1.807) is 0 Å². The minimum absolute atomic E-state index is 0.433. The highest BCUT2D eigenvalue weighted by Crippen LogP contribution is 2.31. The molecule has 84 valence electrons. The zero-order chi connectivity index (χ0) is 11.0. The van der Waals surface area contributed by atoms with Crippen LogP contribution in [0.4, 0.5) is 26.1 Å². The van der Waals surface area contributed by atoms with Gasteiger partial charge >= 0.3 is 13.2 Å². The fourth-order valence-corrected chi connectivity index (χ4v) is 1.28. The topological polar surface area (TPSA) is 3.24 Å². The number of hydrogen-bond donors (Lipinski definition) is 0. The lowest BCUT2D eigenvalue weighted by molar-refractivity contribution is -0.145. The first-order valence-electron chi connectivity index (χ1n) is 4.19. The Balaban J connectivity index is 2.48. The largest absolute Gasteiger partial charge is 0.492 e. The van der Waals surface area contributed by atoms with Gasteiger partial charge in [-0.15, -0.1) is 0 Å². The second-order valence-corrected chi connectivity index (χ2v) is 3.49. The van der Waals surface area contributed by atoms with E-state index in [9.17, 15) is 26.1 Å². The van der Waals surface area contributed by atoms with Gasteiger partial charge in [-0.25, -0.2) is 0 Å². The molecule has 0 unspecified atom stereocenters. The molecule has 1 nitrogen and oxygen atoms in total. The molecule has 0 saturated heterocycles. The lowest BCUT2D eigenvalue weighted by Gasteiger charge is -2.28. The molecular formula is C6H9BF6N-. The van der Waals surface area contributed by atoms with Gasteiger partial charge in [-0.05, 0) is 19.3 Å². The van der Waals surface area contributed by atoms with Crippen molar-refractivity contribution in [1.82, 2.24) is 4.90 Å². The summed E-state index contributed by atoms with van der Waals surface area (Å²) in [7, 11) is 0. The van der Waals surface area contributed by atoms with Crippen molar-refractivity contribution >= 4 is 6.98 Å². The average molecular weight is 220 g/mol. The SMILES string of the molecule is F[B-](F)(F)CN(CC(F)(F)F)C1CC1. The lowest BCUT2D eigenvalue weighted by Crippen LogP contribution is -2.44. The van der Waals surface area contributed by atoms with Gasteiger partial charge in [0.25, 0.3) is 0 Å². The molecule has 1 aliphatic rings. The van der Waals surface area contributed by atoms with E-state index in [0.717, 1.165) is 0 Å². The zero-order valence-corrected chi connectivity index (χ0v) is 7.20. The molecule has 0 spiro atoms. The van der Waals surface area contributed by atoms with Gasteiger partial charge in [-0.1, -0.05) is 0 Å². The summed E-state index contributed by atoms with van der Waals surface area (Å²) in [4.78, 5) is 0.472. The summed E-state index contributed by atoms with van der Waals surface area (Å²) in [6.07, 6.45) is -5.10. The van der Waals surface area contributed by atoms with Crippen LogP contribution >= 0.6 is 0 Å². The van der Waals surface area contributed by atoms with Crippen LogP contribution in [0.5, 0.6) is 0 Å². The van der Waals surface area contributed by atoms with Gasteiger partial charge in [0.1, 0.15) is 0 Å². The molecule has 0 radical (unpaired) electrons. The molecule has 1 saturated carbocycles. The third-order valence-corrected chi connectivity index (χ3v) is 1.89. The maximum atomic E-state index is 11.9. The number of hydrogen-bond acceptors (Lipinski definition) is 1. The summed E-state index contributed by atoms with van der Waals surface area (Å²) in [6.45, 7) is -6.63. The highest BCUT2D eigenvalue weighted by Gasteiger charge is 2.41. The third-order valence-electron chi connectivity index (χ3n) is 1.89. The predicted molar refractivity (Wildman–Crippen MR) is 39.7 cm³/mol. The van der Waals surface area contributed by atoms with Crippen LogP contribution in [0.15, 0.2) is 0 Å². The summed E-state index contributed by atoms with van der Waals surface area (Å²) in [6, 6.07) is -0.528. The van der Waals surface area contributed by atoms with Crippen LogP contribution in [0.2, 0.25) is 0 Å². The molecule has 0 aliphatic heterocycles. The normalized spacial score (nSPS) is 19.1. The molecule has 0 aromatic rings. The standard InChI is InChI=1S/C6H9BF6N/c8-6(9,10)3-14(5-1-2-5)4-7(11,12)13/h5H,1-4H2/q-1. The quantitative estimate of drug-likeness (QED) is 0.519. The van der Waals surface area contributed by atoms with Crippen molar-refractivity contribution in [2.24, 2.45) is 0 Å². The van der Waals surface area contributed by atoms with Crippen molar-refractivity contribution in [2.75, 3.05) is 13.0 Å². The van der Waals surface area contributed by atoms with E-state index < -0.39 is 32.2 Å². The summed E-state index contributed by atoms with van der Waals surface area (Å²) >= 11 is 0. The molecule has 0 amide bonds. The van der Waals surface area contributed by atoms with Gasteiger partial charge < -0.3 is 17.8 Å². The van der Waals surface area contributed by atoms with Crippen molar-refractivity contribution in [3.63, 3.8) is 0 Å². The van der Waals surface area contributed by atoms with E-state index in [1.165, 1.54) is 0 Å². The minimum Gasteiger partial charge on any atom is -0.448 e. The van der Waals surface area contributed by atoms with Crippen LogP contribution in [-0.2, 0) is 0 Å². The van der Waals surface area contributed by atoms with Crippen molar-refractivity contribution in [2.45, 2.75) is 25.1 Å². The molecule has 14 heavy (non-hydrogen) atoms. The minimum atomic E-state index is -5.17. The second-order valence-electron chi connectivity index (χ2n) is 3.49. The Hall–Kier alpha value is -0.395. The molecule has 0 heterocycles. The molecule has 1 aliphatic carbocycles. The van der Waals surface area contributed by atoms with Crippen molar-refractivity contribution in [3.05, 3.63) is 0 Å². The van der Waals surface area contributed by atoms with E-state index in [4.69, 9.17) is 0 Å². The van der Waals surface area contributed by atoms with Gasteiger partial charge in [-0.2, -0.15) is 13.2 Å². The molecule has 0 aromatic heterocycles. The van der Waals surface area contributed by atoms with Gasteiger partial charge in [0, 0.05) is 6.04 Å². The van der Waals surface area contributed by atoms with Crippen molar-refractivity contribution in [1.29, 1.82) is 0 Å². The fourth-order valence-electron chi connectivity index (χ4n) is 1.28. The number of halogens is 6. The van der Waals surface area contributed by atoms with Crippen LogP contribution < -0.4 is 0 Å². The van der Waals surface area contributed by atoms with Gasteiger partial charge in [0.15, 0.2) is 0 Å².